The van der Waals surface area contributed by atoms with Crippen LogP contribution < -0.4 is 27.0 Å². The SMILES string of the molecule is C[C@@H](OC(C)(C)C)[C@H](NC(=O)[C@H](Cc1ccccc1)NC(=O)[C@@H](Cc1c[nH]c2ccccc12)NC(=O)[C@H](N)CCc1ccccc1)C(=O)N[C@@H](Cc1ccccc1)C(=O)N1CCC[C@H]1C(=O)O. The lowest BCUT2D eigenvalue weighted by Crippen LogP contribution is -2.62. The molecule has 0 saturated carbocycles. The Labute approximate surface area is 391 Å². The smallest absolute Gasteiger partial charge is 0.326 e. The zero-order valence-electron chi connectivity index (χ0n) is 38.6. The van der Waals surface area contributed by atoms with Gasteiger partial charge in [0.05, 0.1) is 17.7 Å². The summed E-state index contributed by atoms with van der Waals surface area (Å²) < 4.78 is 6.26. The molecule has 0 spiro atoms. The molecular formula is C52H63N7O8. The van der Waals surface area contributed by atoms with Gasteiger partial charge in [0.15, 0.2) is 0 Å². The van der Waals surface area contributed by atoms with Gasteiger partial charge in [-0.25, -0.2) is 4.79 Å². The second-order valence-corrected chi connectivity index (χ2v) is 18.2. The zero-order valence-corrected chi connectivity index (χ0v) is 38.6. The van der Waals surface area contributed by atoms with Gasteiger partial charge in [0.2, 0.25) is 29.5 Å². The van der Waals surface area contributed by atoms with Crippen LogP contribution in [0, 0.1) is 0 Å². The van der Waals surface area contributed by atoms with Crippen molar-refractivity contribution in [3.8, 4) is 0 Å². The maximum Gasteiger partial charge on any atom is 0.326 e. The molecule has 15 heteroatoms. The number of carbonyl (C=O) groups is 6. The van der Waals surface area contributed by atoms with Gasteiger partial charge >= 0.3 is 5.97 Å². The highest BCUT2D eigenvalue weighted by Crippen LogP contribution is 2.22. The first-order valence-electron chi connectivity index (χ1n) is 22.9. The highest BCUT2D eigenvalue weighted by molar-refractivity contribution is 5.97. The van der Waals surface area contributed by atoms with Gasteiger partial charge in [-0.3, -0.25) is 24.0 Å². The zero-order chi connectivity index (χ0) is 48.1. The van der Waals surface area contributed by atoms with E-state index in [1.54, 1.807) is 82.4 Å². The molecule has 2 heterocycles. The predicted molar refractivity (Wildman–Crippen MR) is 255 cm³/mol. The van der Waals surface area contributed by atoms with Crippen LogP contribution in [0.15, 0.2) is 121 Å². The molecule has 15 nitrogen and oxygen atoms in total. The van der Waals surface area contributed by atoms with E-state index in [1.807, 2.05) is 66.7 Å². The lowest BCUT2D eigenvalue weighted by molar-refractivity contribution is -0.150. The minimum absolute atomic E-state index is 0.00621. The number of hydrogen-bond donors (Lipinski definition) is 7. The van der Waals surface area contributed by atoms with E-state index in [2.05, 4.69) is 26.3 Å². The van der Waals surface area contributed by atoms with Crippen molar-refractivity contribution in [1.82, 2.24) is 31.2 Å². The summed E-state index contributed by atoms with van der Waals surface area (Å²) >= 11 is 0. The Morgan fingerprint density at radius 2 is 1.22 bits per heavy atom. The van der Waals surface area contributed by atoms with Crippen LogP contribution in [0.2, 0.25) is 0 Å². The number of H-pyrrole nitrogens is 1. The fourth-order valence-corrected chi connectivity index (χ4v) is 8.51. The van der Waals surface area contributed by atoms with Crippen molar-refractivity contribution in [2.24, 2.45) is 5.73 Å². The summed E-state index contributed by atoms with van der Waals surface area (Å²) in [5.74, 6) is -4.35. The van der Waals surface area contributed by atoms with Crippen molar-refractivity contribution in [2.45, 2.75) is 121 Å². The molecule has 8 N–H and O–H groups in total. The number of carboxylic acids is 1. The molecule has 67 heavy (non-hydrogen) atoms. The number of carbonyl (C=O) groups excluding carboxylic acids is 5. The van der Waals surface area contributed by atoms with Crippen molar-refractivity contribution in [2.75, 3.05) is 6.54 Å². The molecule has 1 saturated heterocycles. The normalized spacial score (nSPS) is 16.5. The molecule has 0 radical (unpaired) electrons. The average Bonchev–Trinajstić information content (AvgIpc) is 3.97. The van der Waals surface area contributed by atoms with Gasteiger partial charge in [-0.15, -0.1) is 0 Å². The number of aryl methyl sites for hydroxylation is 1. The number of carboxylic acid groups (broad SMARTS) is 1. The van der Waals surface area contributed by atoms with Crippen molar-refractivity contribution < 1.29 is 38.6 Å². The number of hydrogen-bond acceptors (Lipinski definition) is 8. The summed E-state index contributed by atoms with van der Waals surface area (Å²) in [6.07, 6.45) is 2.58. The quantitative estimate of drug-likeness (QED) is 0.0554. The molecule has 6 rings (SSSR count). The van der Waals surface area contributed by atoms with Gasteiger partial charge in [0, 0.05) is 42.9 Å². The Morgan fingerprint density at radius 1 is 0.701 bits per heavy atom. The molecule has 1 fully saturated rings. The fourth-order valence-electron chi connectivity index (χ4n) is 8.51. The van der Waals surface area contributed by atoms with E-state index in [-0.39, 0.29) is 32.2 Å². The first-order chi connectivity index (χ1) is 32.1. The lowest BCUT2D eigenvalue weighted by Gasteiger charge is -2.33. The highest BCUT2D eigenvalue weighted by Gasteiger charge is 2.40. The largest absolute Gasteiger partial charge is 0.480 e. The van der Waals surface area contributed by atoms with Crippen molar-refractivity contribution in [3.05, 3.63) is 144 Å². The summed E-state index contributed by atoms with van der Waals surface area (Å²) in [5, 5.41) is 22.3. The molecule has 0 aliphatic carbocycles. The number of aromatic nitrogens is 1. The van der Waals surface area contributed by atoms with E-state index < -0.39 is 83.5 Å². The second-order valence-electron chi connectivity index (χ2n) is 18.2. The Morgan fingerprint density at radius 3 is 1.84 bits per heavy atom. The fraction of sp³-hybridized carbons (Fsp3) is 0.385. The maximum atomic E-state index is 14.8. The van der Waals surface area contributed by atoms with Crippen LogP contribution in [-0.2, 0) is 59.2 Å². The molecule has 5 amide bonds. The van der Waals surface area contributed by atoms with Crippen LogP contribution in [0.4, 0.5) is 0 Å². The van der Waals surface area contributed by atoms with Crippen molar-refractivity contribution in [1.29, 1.82) is 0 Å². The van der Waals surface area contributed by atoms with Gasteiger partial charge in [-0.1, -0.05) is 109 Å². The molecule has 0 unspecified atom stereocenters. The lowest BCUT2D eigenvalue weighted by atomic mass is 10.00. The number of fused-ring (bicyclic) bond motifs is 1. The summed E-state index contributed by atoms with van der Waals surface area (Å²) in [6.45, 7) is 7.24. The van der Waals surface area contributed by atoms with Crippen LogP contribution in [0.5, 0.6) is 0 Å². The Balaban J connectivity index is 1.28. The molecule has 7 atom stereocenters. The van der Waals surface area contributed by atoms with Crippen LogP contribution in [0.3, 0.4) is 0 Å². The summed E-state index contributed by atoms with van der Waals surface area (Å²) in [6, 6.07) is 28.3. The third-order valence-electron chi connectivity index (χ3n) is 11.9. The third-order valence-corrected chi connectivity index (χ3v) is 11.9. The minimum Gasteiger partial charge on any atom is -0.480 e. The van der Waals surface area contributed by atoms with Gasteiger partial charge in [0.25, 0.3) is 0 Å². The monoisotopic (exact) mass is 913 g/mol. The molecule has 1 aliphatic rings. The number of aliphatic carboxylic acids is 1. The van der Waals surface area contributed by atoms with Crippen molar-refractivity contribution in [3.63, 3.8) is 0 Å². The van der Waals surface area contributed by atoms with Gasteiger partial charge in [-0.05, 0) is 81.7 Å². The predicted octanol–water partition coefficient (Wildman–Crippen LogP) is 4.37. The van der Waals surface area contributed by atoms with E-state index in [0.29, 0.717) is 24.8 Å². The average molecular weight is 914 g/mol. The minimum atomic E-state index is -1.40. The number of nitrogens with zero attached hydrogens (tertiary/aromatic N) is 1. The summed E-state index contributed by atoms with van der Waals surface area (Å²) in [4.78, 5) is 88.6. The molecule has 0 bridgehead atoms. The van der Waals surface area contributed by atoms with E-state index in [0.717, 1.165) is 27.6 Å². The van der Waals surface area contributed by atoms with Crippen LogP contribution in [-0.4, -0.2) is 105 Å². The highest BCUT2D eigenvalue weighted by atomic mass is 16.5. The van der Waals surface area contributed by atoms with Gasteiger partial charge < -0.3 is 46.7 Å². The molecular weight excluding hydrogens is 851 g/mol. The van der Waals surface area contributed by atoms with Gasteiger partial charge in [-0.2, -0.15) is 0 Å². The topological polar surface area (TPSA) is 225 Å². The van der Waals surface area contributed by atoms with E-state index in [4.69, 9.17) is 10.5 Å². The molecule has 1 aromatic heterocycles. The Bertz CT molecular complexity index is 2460. The Hall–Kier alpha value is -6.84. The molecule has 5 aromatic rings. The summed E-state index contributed by atoms with van der Waals surface area (Å²) in [5.41, 5.74) is 9.68. The van der Waals surface area contributed by atoms with Crippen LogP contribution in [0.25, 0.3) is 10.9 Å². The number of rotatable bonds is 21. The van der Waals surface area contributed by atoms with E-state index in [9.17, 15) is 33.9 Å². The Kier molecular flexibility index (Phi) is 17.1. The number of para-hydroxylation sites is 1. The third kappa shape index (κ3) is 14.1. The van der Waals surface area contributed by atoms with Crippen molar-refractivity contribution >= 4 is 46.4 Å². The molecule has 1 aliphatic heterocycles. The van der Waals surface area contributed by atoms with E-state index in [1.165, 1.54) is 4.90 Å². The summed E-state index contributed by atoms with van der Waals surface area (Å²) in [7, 11) is 0. The number of nitrogens with one attached hydrogen (secondary N) is 5. The van der Waals surface area contributed by atoms with Crippen LogP contribution >= 0.6 is 0 Å². The number of nitrogens with two attached hydrogens (primary N) is 1. The second kappa shape index (κ2) is 23.1. The number of benzene rings is 4. The molecule has 4 aromatic carbocycles. The number of aromatic amines is 1. The van der Waals surface area contributed by atoms with Crippen LogP contribution in [0.1, 0.15) is 69.2 Å². The van der Waals surface area contributed by atoms with Gasteiger partial charge in [0.1, 0.15) is 30.2 Å². The number of ether oxygens (including phenoxy) is 1. The number of likely N-dealkylation sites (tertiary alicyclic amines) is 1. The number of amides is 5. The van der Waals surface area contributed by atoms with E-state index >= 15 is 0 Å². The molecule has 354 valence electrons. The maximum absolute atomic E-state index is 14.8. The first-order valence-corrected chi connectivity index (χ1v) is 22.9. The standard InChI is InChI=1S/C52H63N7O8/c1-33(67-52(2,3)4)45(49(63)57-43(30-36-21-12-7-13-22-36)50(64)59-28-16-25-44(59)51(65)66)58-48(62)41(29-35-19-10-6-11-20-35)56-47(61)42(31-37-32-54-40-24-15-14-23-38(37)40)55-46(60)39(53)27-26-34-17-8-5-9-18-34/h5-15,17-24,32-33,39,41-45,54H,16,25-31,53H2,1-4H3,(H,55,60)(H,56,61)(H,57,63)(H,58,62)(H,65,66)/t33-,39-,41+,42-,43+,44+,45+/m1/s1. The first kappa shape index (κ1) is 49.6.